The highest BCUT2D eigenvalue weighted by atomic mass is 32.1. The number of nitrogens with one attached hydrogen (secondary N) is 2. The second kappa shape index (κ2) is 7.28. The lowest BCUT2D eigenvalue weighted by Gasteiger charge is -2.61. The summed E-state index contributed by atoms with van der Waals surface area (Å²) >= 11 is 5.54. The summed E-state index contributed by atoms with van der Waals surface area (Å²) in [6.07, 6.45) is 1.71. The maximum Gasteiger partial charge on any atom is 0.321 e. The molecule has 0 bridgehead atoms. The molecular formula is C22H24N4O3S. The van der Waals surface area contributed by atoms with Crippen molar-refractivity contribution in [2.24, 2.45) is 10.4 Å². The van der Waals surface area contributed by atoms with Gasteiger partial charge in [-0.2, -0.15) is 0 Å². The van der Waals surface area contributed by atoms with Gasteiger partial charge in [-0.15, -0.1) is 0 Å². The molecule has 2 heterocycles. The number of aromatic hydroxyl groups is 1. The molecule has 8 heteroatoms. The van der Waals surface area contributed by atoms with Gasteiger partial charge in [-0.3, -0.25) is 9.79 Å². The minimum Gasteiger partial charge on any atom is -0.508 e. The molecule has 2 aromatic rings. The lowest BCUT2D eigenvalue weighted by molar-refractivity contribution is -0.172. The molecular weight excluding hydrogens is 400 g/mol. The van der Waals surface area contributed by atoms with Crippen LogP contribution in [0.5, 0.6) is 5.75 Å². The Morgan fingerprint density at radius 1 is 1.17 bits per heavy atom. The van der Waals surface area contributed by atoms with Crippen LogP contribution < -0.4 is 10.6 Å². The van der Waals surface area contributed by atoms with E-state index in [2.05, 4.69) is 10.6 Å². The third-order valence-corrected chi connectivity index (χ3v) is 6.50. The number of thiocarbonyl (C=S) groups is 1. The number of carbonyl (C=O) groups is 1. The Morgan fingerprint density at radius 2 is 1.83 bits per heavy atom. The summed E-state index contributed by atoms with van der Waals surface area (Å²) in [4.78, 5) is 20.4. The van der Waals surface area contributed by atoms with Gasteiger partial charge in [0.05, 0.1) is 25.5 Å². The monoisotopic (exact) mass is 424 g/mol. The van der Waals surface area contributed by atoms with Crippen LogP contribution in [0, 0.1) is 5.41 Å². The maximum atomic E-state index is 13.7. The van der Waals surface area contributed by atoms with Crippen molar-refractivity contribution in [2.75, 3.05) is 14.2 Å². The fraction of sp³-hybridized carbons (Fsp3) is 0.318. The van der Waals surface area contributed by atoms with Gasteiger partial charge in [0.2, 0.25) is 0 Å². The van der Waals surface area contributed by atoms with Crippen molar-refractivity contribution in [2.45, 2.75) is 24.7 Å². The number of methoxy groups -OCH3 is 1. The van der Waals surface area contributed by atoms with Gasteiger partial charge in [0, 0.05) is 7.05 Å². The van der Waals surface area contributed by atoms with E-state index in [9.17, 15) is 9.90 Å². The summed E-state index contributed by atoms with van der Waals surface area (Å²) in [7, 11) is 3.25. The standard InChI is InChI=1S/C22H24N4O3S/c1-21-22(19(28)29-3,18(24-20(30)25-21)14-7-5-4-6-8-14)17(23-13-26(21)2)15-9-11-16(27)12-10-15/h4-13,17-18,27H,1-3H3,(H2,24,25,30)/t17?,18-,21+,22+/m0/s1. The fourth-order valence-electron chi connectivity index (χ4n) is 4.68. The van der Waals surface area contributed by atoms with Crippen molar-refractivity contribution in [3.8, 4) is 5.75 Å². The number of hydrogen-bond donors (Lipinski definition) is 3. The Bertz CT molecular complexity index is 997. The fourth-order valence-corrected chi connectivity index (χ4v) is 5.00. The number of ether oxygens (including phenoxy) is 1. The minimum absolute atomic E-state index is 0.145. The molecule has 2 aliphatic heterocycles. The molecule has 0 radical (unpaired) electrons. The maximum absolute atomic E-state index is 13.7. The van der Waals surface area contributed by atoms with Crippen LogP contribution in [0.15, 0.2) is 59.6 Å². The molecule has 4 rings (SSSR count). The lowest BCUT2D eigenvalue weighted by Crippen LogP contribution is -2.79. The second-order valence-corrected chi connectivity index (χ2v) is 8.15. The Balaban J connectivity index is 2.04. The van der Waals surface area contributed by atoms with Crippen molar-refractivity contribution >= 4 is 29.6 Å². The molecule has 2 aliphatic rings. The summed E-state index contributed by atoms with van der Waals surface area (Å²) in [5.41, 5.74) is -0.475. The smallest absolute Gasteiger partial charge is 0.321 e. The number of phenols is 1. The first-order valence-electron chi connectivity index (χ1n) is 9.62. The highest BCUT2D eigenvalue weighted by Crippen LogP contribution is 2.58. The topological polar surface area (TPSA) is 86.2 Å². The number of nitrogens with zero attached hydrogens (tertiary/aromatic N) is 2. The number of benzene rings is 2. The van der Waals surface area contributed by atoms with Crippen molar-refractivity contribution in [1.29, 1.82) is 0 Å². The number of esters is 1. The molecule has 0 aliphatic carbocycles. The zero-order valence-electron chi connectivity index (χ0n) is 17.0. The van der Waals surface area contributed by atoms with Crippen molar-refractivity contribution < 1.29 is 14.6 Å². The molecule has 3 N–H and O–H groups in total. The Labute approximate surface area is 180 Å². The summed E-state index contributed by atoms with van der Waals surface area (Å²) in [6.45, 7) is 1.94. The summed E-state index contributed by atoms with van der Waals surface area (Å²) in [5.74, 6) is -0.269. The number of carbonyl (C=O) groups excluding carboxylic acids is 1. The number of rotatable bonds is 3. The highest BCUT2D eigenvalue weighted by molar-refractivity contribution is 7.80. The number of hydrogen-bond acceptors (Lipinski definition) is 6. The van der Waals surface area contributed by atoms with Crippen LogP contribution in [0.3, 0.4) is 0 Å². The van der Waals surface area contributed by atoms with Crippen LogP contribution >= 0.6 is 12.2 Å². The Hall–Kier alpha value is -3.13. The van der Waals surface area contributed by atoms with Gasteiger partial charge in [0.15, 0.2) is 10.5 Å². The van der Waals surface area contributed by atoms with Crippen LogP contribution in [0.1, 0.15) is 30.1 Å². The molecule has 0 spiro atoms. The molecule has 1 unspecified atom stereocenters. The first-order chi connectivity index (χ1) is 14.3. The molecule has 1 fully saturated rings. The van der Waals surface area contributed by atoms with E-state index < -0.39 is 29.1 Å². The molecule has 2 aromatic carbocycles. The lowest BCUT2D eigenvalue weighted by atomic mass is 9.59. The van der Waals surface area contributed by atoms with Crippen LogP contribution in [0.25, 0.3) is 0 Å². The third kappa shape index (κ3) is 2.74. The second-order valence-electron chi connectivity index (χ2n) is 7.74. The highest BCUT2D eigenvalue weighted by Gasteiger charge is 2.70. The summed E-state index contributed by atoms with van der Waals surface area (Å²) in [5, 5.41) is 16.9. The predicted octanol–water partition coefficient (Wildman–Crippen LogP) is 2.50. The first kappa shape index (κ1) is 20.2. The number of fused-ring (bicyclic) bond motifs is 1. The summed E-state index contributed by atoms with van der Waals surface area (Å²) < 4.78 is 5.41. The van der Waals surface area contributed by atoms with Gasteiger partial charge < -0.3 is 25.4 Å². The quantitative estimate of drug-likeness (QED) is 0.516. The van der Waals surface area contributed by atoms with Crippen LogP contribution in [0.4, 0.5) is 0 Å². The van der Waals surface area contributed by atoms with E-state index in [4.69, 9.17) is 21.9 Å². The molecule has 0 amide bonds. The molecule has 0 aromatic heterocycles. The van der Waals surface area contributed by atoms with Gasteiger partial charge in [-0.05, 0) is 42.4 Å². The van der Waals surface area contributed by atoms with E-state index in [0.29, 0.717) is 5.11 Å². The molecule has 4 atom stereocenters. The SMILES string of the molecule is COC(=O)[C@]12C(c3ccc(O)cc3)N=CN(C)[C@@]1(C)NC(=S)N[C@H]2c1ccccc1. The van der Waals surface area contributed by atoms with E-state index in [-0.39, 0.29) is 5.75 Å². The van der Waals surface area contributed by atoms with Gasteiger partial charge >= 0.3 is 5.97 Å². The predicted molar refractivity (Wildman–Crippen MR) is 118 cm³/mol. The van der Waals surface area contributed by atoms with Crippen molar-refractivity contribution in [3.63, 3.8) is 0 Å². The van der Waals surface area contributed by atoms with Gasteiger partial charge in [-0.1, -0.05) is 42.5 Å². The minimum atomic E-state index is -1.22. The molecule has 30 heavy (non-hydrogen) atoms. The Morgan fingerprint density at radius 3 is 2.47 bits per heavy atom. The van der Waals surface area contributed by atoms with Gasteiger partial charge in [-0.25, -0.2) is 0 Å². The average Bonchev–Trinajstić information content (AvgIpc) is 2.75. The molecule has 0 saturated carbocycles. The first-order valence-corrected chi connectivity index (χ1v) is 10.0. The number of aliphatic imine (C=N–C) groups is 1. The van der Waals surface area contributed by atoms with E-state index in [0.717, 1.165) is 11.1 Å². The van der Waals surface area contributed by atoms with Crippen molar-refractivity contribution in [1.82, 2.24) is 15.5 Å². The Kier molecular flexibility index (Phi) is 4.89. The van der Waals surface area contributed by atoms with Crippen LogP contribution in [-0.2, 0) is 9.53 Å². The zero-order valence-corrected chi connectivity index (χ0v) is 17.8. The third-order valence-electron chi connectivity index (χ3n) is 6.28. The van der Waals surface area contributed by atoms with Gasteiger partial charge in [0.25, 0.3) is 0 Å². The normalized spacial score (nSPS) is 30.1. The molecule has 7 nitrogen and oxygen atoms in total. The van der Waals surface area contributed by atoms with E-state index in [1.165, 1.54) is 7.11 Å². The largest absolute Gasteiger partial charge is 0.508 e. The molecule has 1 saturated heterocycles. The van der Waals surface area contributed by atoms with Crippen molar-refractivity contribution in [3.05, 3.63) is 65.7 Å². The van der Waals surface area contributed by atoms with Gasteiger partial charge in [0.1, 0.15) is 11.4 Å². The number of phenolic OH excluding ortho intramolecular Hbond substituents is 1. The summed E-state index contributed by atoms with van der Waals surface area (Å²) in [6, 6.07) is 15.3. The van der Waals surface area contributed by atoms with E-state index >= 15 is 0 Å². The van der Waals surface area contributed by atoms with E-state index in [1.54, 1.807) is 30.6 Å². The average molecular weight is 425 g/mol. The van der Waals surface area contributed by atoms with E-state index in [1.807, 2.05) is 49.2 Å². The van der Waals surface area contributed by atoms with Crippen LogP contribution in [-0.4, -0.2) is 47.2 Å². The zero-order chi connectivity index (χ0) is 21.5. The van der Waals surface area contributed by atoms with Crippen LogP contribution in [0.2, 0.25) is 0 Å². The molecule has 156 valence electrons.